The van der Waals surface area contributed by atoms with Crippen LogP contribution in [0.25, 0.3) is 0 Å². The van der Waals surface area contributed by atoms with E-state index in [4.69, 9.17) is 0 Å². The van der Waals surface area contributed by atoms with Gasteiger partial charge in [-0.2, -0.15) is 0 Å². The van der Waals surface area contributed by atoms with Crippen molar-refractivity contribution < 1.29 is 0 Å². The van der Waals surface area contributed by atoms with Crippen molar-refractivity contribution in [3.05, 3.63) is 22.7 Å². The smallest absolute Gasteiger partial charge is 0.0597 e. The molecule has 0 aromatic heterocycles. The van der Waals surface area contributed by atoms with E-state index in [1.165, 1.54) is 37.1 Å². The summed E-state index contributed by atoms with van der Waals surface area (Å²) < 4.78 is 1.14. The number of anilines is 2. The minimum atomic E-state index is 0.642. The molecule has 1 aliphatic rings. The standard InChI is InChI=1S/C15H23BrN2/c1-4-11-6-5-7-13(11)17-14-10-12(16)8-9-15(14)18(2)3/h8-11,13,17H,4-7H2,1-3H3. The zero-order valence-electron chi connectivity index (χ0n) is 11.5. The average Bonchev–Trinajstić information content (AvgIpc) is 2.76. The number of hydrogen-bond acceptors (Lipinski definition) is 2. The molecule has 0 bridgehead atoms. The van der Waals surface area contributed by atoms with Crippen molar-refractivity contribution in [2.24, 2.45) is 5.92 Å². The molecule has 0 radical (unpaired) electrons. The second-order valence-electron chi connectivity index (χ2n) is 5.41. The van der Waals surface area contributed by atoms with Gasteiger partial charge in [-0.15, -0.1) is 0 Å². The summed E-state index contributed by atoms with van der Waals surface area (Å²) in [6.07, 6.45) is 5.32. The van der Waals surface area contributed by atoms with E-state index >= 15 is 0 Å². The van der Waals surface area contributed by atoms with Gasteiger partial charge in [0.2, 0.25) is 0 Å². The maximum absolute atomic E-state index is 3.76. The SMILES string of the molecule is CCC1CCCC1Nc1cc(Br)ccc1N(C)C. The number of halogens is 1. The highest BCUT2D eigenvalue weighted by molar-refractivity contribution is 9.10. The molecule has 1 aromatic rings. The first kappa shape index (κ1) is 13.7. The third-order valence-electron chi connectivity index (χ3n) is 3.96. The Kier molecular flexibility index (Phi) is 4.55. The van der Waals surface area contributed by atoms with E-state index < -0.39 is 0 Å². The van der Waals surface area contributed by atoms with E-state index in [1.807, 2.05) is 0 Å². The zero-order chi connectivity index (χ0) is 13.1. The van der Waals surface area contributed by atoms with Crippen molar-refractivity contribution >= 4 is 27.3 Å². The third-order valence-corrected chi connectivity index (χ3v) is 4.46. The van der Waals surface area contributed by atoms with Crippen LogP contribution in [0.5, 0.6) is 0 Å². The summed E-state index contributed by atoms with van der Waals surface area (Å²) in [7, 11) is 4.20. The molecule has 0 heterocycles. The van der Waals surface area contributed by atoms with Gasteiger partial charge in [-0.25, -0.2) is 0 Å². The summed E-state index contributed by atoms with van der Waals surface area (Å²) in [6, 6.07) is 7.11. The largest absolute Gasteiger partial charge is 0.380 e. The molecule has 100 valence electrons. The Morgan fingerprint density at radius 1 is 1.33 bits per heavy atom. The van der Waals surface area contributed by atoms with Gasteiger partial charge < -0.3 is 10.2 Å². The minimum Gasteiger partial charge on any atom is -0.380 e. The maximum atomic E-state index is 3.76. The van der Waals surface area contributed by atoms with E-state index in [0.29, 0.717) is 6.04 Å². The molecule has 3 heteroatoms. The summed E-state index contributed by atoms with van der Waals surface area (Å²) >= 11 is 3.57. The summed E-state index contributed by atoms with van der Waals surface area (Å²) in [4.78, 5) is 2.17. The highest BCUT2D eigenvalue weighted by atomic mass is 79.9. The van der Waals surface area contributed by atoms with Gasteiger partial charge in [-0.3, -0.25) is 0 Å². The topological polar surface area (TPSA) is 15.3 Å². The summed E-state index contributed by atoms with van der Waals surface area (Å²) in [6.45, 7) is 2.30. The second-order valence-corrected chi connectivity index (χ2v) is 6.32. The first-order valence-corrected chi connectivity index (χ1v) is 7.64. The number of benzene rings is 1. The average molecular weight is 311 g/mol. The van der Waals surface area contributed by atoms with Gasteiger partial charge in [0.05, 0.1) is 11.4 Å². The Balaban J connectivity index is 2.19. The number of nitrogens with one attached hydrogen (secondary N) is 1. The first-order chi connectivity index (χ1) is 8.61. The highest BCUT2D eigenvalue weighted by Gasteiger charge is 2.26. The van der Waals surface area contributed by atoms with E-state index in [9.17, 15) is 0 Å². The molecule has 2 rings (SSSR count). The Morgan fingerprint density at radius 2 is 2.11 bits per heavy atom. The third kappa shape index (κ3) is 3.00. The van der Waals surface area contributed by atoms with Gasteiger partial charge in [0.25, 0.3) is 0 Å². The lowest BCUT2D eigenvalue weighted by Crippen LogP contribution is -2.24. The van der Waals surface area contributed by atoms with E-state index in [-0.39, 0.29) is 0 Å². The van der Waals surface area contributed by atoms with E-state index in [1.54, 1.807) is 0 Å². The molecule has 18 heavy (non-hydrogen) atoms. The fourth-order valence-electron chi connectivity index (χ4n) is 2.93. The van der Waals surface area contributed by atoms with E-state index in [0.717, 1.165) is 10.4 Å². The van der Waals surface area contributed by atoms with E-state index in [2.05, 4.69) is 65.4 Å². The van der Waals surface area contributed by atoms with Crippen LogP contribution < -0.4 is 10.2 Å². The van der Waals surface area contributed by atoms with Gasteiger partial charge in [-0.1, -0.05) is 35.7 Å². The molecular weight excluding hydrogens is 288 g/mol. The van der Waals surface area contributed by atoms with Gasteiger partial charge in [-0.05, 0) is 37.0 Å². The monoisotopic (exact) mass is 310 g/mol. The van der Waals surface area contributed by atoms with Crippen molar-refractivity contribution in [1.82, 2.24) is 0 Å². The highest BCUT2D eigenvalue weighted by Crippen LogP contribution is 2.34. The first-order valence-electron chi connectivity index (χ1n) is 6.85. The lowest BCUT2D eigenvalue weighted by molar-refractivity contribution is 0.489. The van der Waals surface area contributed by atoms with Crippen LogP contribution in [-0.4, -0.2) is 20.1 Å². The van der Waals surface area contributed by atoms with Crippen molar-refractivity contribution in [3.8, 4) is 0 Å². The Bertz CT molecular complexity index is 403. The van der Waals surface area contributed by atoms with Gasteiger partial charge >= 0.3 is 0 Å². The molecular formula is C15H23BrN2. The lowest BCUT2D eigenvalue weighted by atomic mass is 10.0. The van der Waals surface area contributed by atoms with Crippen LogP contribution in [0.1, 0.15) is 32.6 Å². The summed E-state index contributed by atoms with van der Waals surface area (Å²) in [5.74, 6) is 0.832. The number of rotatable bonds is 4. The predicted molar refractivity (Wildman–Crippen MR) is 83.5 cm³/mol. The van der Waals surface area contributed by atoms with Crippen LogP contribution in [0.15, 0.2) is 22.7 Å². The molecule has 2 unspecified atom stereocenters. The fraction of sp³-hybridized carbons (Fsp3) is 0.600. The Morgan fingerprint density at radius 3 is 2.78 bits per heavy atom. The lowest BCUT2D eigenvalue weighted by Gasteiger charge is -2.25. The van der Waals surface area contributed by atoms with Gasteiger partial charge in [0, 0.05) is 24.6 Å². The van der Waals surface area contributed by atoms with Crippen LogP contribution in [0.2, 0.25) is 0 Å². The summed E-state index contributed by atoms with van der Waals surface area (Å²) in [5.41, 5.74) is 2.51. The van der Waals surface area contributed by atoms with Crippen LogP contribution in [0, 0.1) is 5.92 Å². The number of hydrogen-bond donors (Lipinski definition) is 1. The maximum Gasteiger partial charge on any atom is 0.0597 e. The predicted octanol–water partition coefficient (Wildman–Crippen LogP) is 4.51. The minimum absolute atomic E-state index is 0.642. The van der Waals surface area contributed by atoms with Crippen LogP contribution in [-0.2, 0) is 0 Å². The van der Waals surface area contributed by atoms with Crippen LogP contribution in [0.3, 0.4) is 0 Å². The Labute approximate surface area is 119 Å². The molecule has 0 amide bonds. The van der Waals surface area contributed by atoms with Gasteiger partial charge in [0.1, 0.15) is 0 Å². The van der Waals surface area contributed by atoms with Crippen molar-refractivity contribution in [1.29, 1.82) is 0 Å². The van der Waals surface area contributed by atoms with Crippen molar-refractivity contribution in [2.45, 2.75) is 38.6 Å². The molecule has 0 saturated heterocycles. The molecule has 0 spiro atoms. The molecule has 1 aromatic carbocycles. The fourth-order valence-corrected chi connectivity index (χ4v) is 3.29. The Hall–Kier alpha value is -0.700. The van der Waals surface area contributed by atoms with Crippen molar-refractivity contribution in [3.63, 3.8) is 0 Å². The molecule has 1 saturated carbocycles. The zero-order valence-corrected chi connectivity index (χ0v) is 13.1. The molecule has 2 nitrogen and oxygen atoms in total. The number of nitrogens with zero attached hydrogens (tertiary/aromatic N) is 1. The molecule has 1 N–H and O–H groups in total. The van der Waals surface area contributed by atoms with Crippen LogP contribution in [0.4, 0.5) is 11.4 Å². The summed E-state index contributed by atoms with van der Waals surface area (Å²) in [5, 5.41) is 3.76. The van der Waals surface area contributed by atoms with Crippen LogP contribution >= 0.6 is 15.9 Å². The molecule has 2 atom stereocenters. The molecule has 0 aliphatic heterocycles. The molecule has 1 fully saturated rings. The normalized spacial score (nSPS) is 23.1. The van der Waals surface area contributed by atoms with Crippen molar-refractivity contribution in [2.75, 3.05) is 24.3 Å². The quantitative estimate of drug-likeness (QED) is 0.880. The molecule has 1 aliphatic carbocycles. The van der Waals surface area contributed by atoms with Gasteiger partial charge in [0.15, 0.2) is 0 Å². The second kappa shape index (κ2) is 5.96.